The number of aromatic nitrogens is 2. The highest BCUT2D eigenvalue weighted by molar-refractivity contribution is 5.94. The normalized spacial score (nSPS) is 10.9. The summed E-state index contributed by atoms with van der Waals surface area (Å²) in [5, 5.41) is 21.0. The summed E-state index contributed by atoms with van der Waals surface area (Å²) < 4.78 is 5.45. The molecule has 0 unspecified atom stereocenters. The molecule has 0 aliphatic heterocycles. The molecular formula is C16H13N5O4. The third kappa shape index (κ3) is 3.78. The molecule has 2 heterocycles. The third-order valence-electron chi connectivity index (χ3n) is 3.30. The Labute approximate surface area is 141 Å². The summed E-state index contributed by atoms with van der Waals surface area (Å²) >= 11 is 0. The number of hydrogen-bond acceptors (Lipinski definition) is 6. The van der Waals surface area contributed by atoms with E-state index < -0.39 is 10.8 Å². The van der Waals surface area contributed by atoms with Gasteiger partial charge in [-0.3, -0.25) is 20.0 Å². The molecule has 25 heavy (non-hydrogen) atoms. The van der Waals surface area contributed by atoms with Gasteiger partial charge in [-0.2, -0.15) is 10.2 Å². The predicted molar refractivity (Wildman–Crippen MR) is 89.2 cm³/mol. The zero-order valence-corrected chi connectivity index (χ0v) is 13.1. The quantitative estimate of drug-likeness (QED) is 0.420. The maximum atomic E-state index is 12.0. The number of aryl methyl sites for hydroxylation is 1. The molecule has 1 amide bonds. The van der Waals surface area contributed by atoms with Crippen LogP contribution in [0.4, 0.5) is 5.69 Å². The van der Waals surface area contributed by atoms with E-state index >= 15 is 0 Å². The molecule has 2 aromatic heterocycles. The van der Waals surface area contributed by atoms with Crippen molar-refractivity contribution in [2.75, 3.05) is 0 Å². The van der Waals surface area contributed by atoms with E-state index in [1.54, 1.807) is 12.1 Å². The monoisotopic (exact) mass is 339 g/mol. The SMILES string of the molecule is Cc1ccc(-c2cc(C(=O)N/N=C/c3ccc([N+](=O)[O-])cc3)n[nH]2)o1. The van der Waals surface area contributed by atoms with Gasteiger partial charge in [-0.1, -0.05) is 0 Å². The van der Waals surface area contributed by atoms with Gasteiger partial charge < -0.3 is 4.42 Å². The first kappa shape index (κ1) is 16.1. The summed E-state index contributed by atoms with van der Waals surface area (Å²) in [7, 11) is 0. The Hall–Kier alpha value is -3.75. The van der Waals surface area contributed by atoms with Crippen molar-refractivity contribution in [3.63, 3.8) is 0 Å². The maximum Gasteiger partial charge on any atom is 0.291 e. The Kier molecular flexibility index (Phi) is 4.38. The second kappa shape index (κ2) is 6.79. The molecule has 126 valence electrons. The van der Waals surface area contributed by atoms with Crippen molar-refractivity contribution in [2.24, 2.45) is 5.10 Å². The van der Waals surface area contributed by atoms with Gasteiger partial charge in [0, 0.05) is 18.2 Å². The lowest BCUT2D eigenvalue weighted by molar-refractivity contribution is -0.384. The van der Waals surface area contributed by atoms with Crippen LogP contribution in [0.2, 0.25) is 0 Å². The van der Waals surface area contributed by atoms with Crippen LogP contribution in [-0.2, 0) is 0 Å². The Morgan fingerprint density at radius 3 is 2.72 bits per heavy atom. The fourth-order valence-corrected chi connectivity index (χ4v) is 2.05. The van der Waals surface area contributed by atoms with Gasteiger partial charge in [-0.15, -0.1) is 0 Å². The highest BCUT2D eigenvalue weighted by Crippen LogP contribution is 2.20. The zero-order chi connectivity index (χ0) is 17.8. The van der Waals surface area contributed by atoms with Gasteiger partial charge in [0.25, 0.3) is 11.6 Å². The Balaban J connectivity index is 1.62. The van der Waals surface area contributed by atoms with Gasteiger partial charge >= 0.3 is 0 Å². The molecule has 3 aromatic rings. The summed E-state index contributed by atoms with van der Waals surface area (Å²) in [5.74, 6) is 0.839. The predicted octanol–water partition coefficient (Wildman–Crippen LogP) is 2.65. The van der Waals surface area contributed by atoms with Crippen molar-refractivity contribution < 1.29 is 14.1 Å². The van der Waals surface area contributed by atoms with Crippen LogP contribution in [0.5, 0.6) is 0 Å². The van der Waals surface area contributed by atoms with Crippen molar-refractivity contribution in [3.05, 3.63) is 69.6 Å². The van der Waals surface area contributed by atoms with E-state index in [2.05, 4.69) is 20.7 Å². The largest absolute Gasteiger partial charge is 0.460 e. The molecular weight excluding hydrogens is 326 g/mol. The van der Waals surface area contributed by atoms with Gasteiger partial charge in [-0.25, -0.2) is 5.43 Å². The summed E-state index contributed by atoms with van der Waals surface area (Å²) in [6.07, 6.45) is 1.38. The Bertz CT molecular complexity index is 940. The highest BCUT2D eigenvalue weighted by atomic mass is 16.6. The van der Waals surface area contributed by atoms with Crippen molar-refractivity contribution in [2.45, 2.75) is 6.92 Å². The minimum atomic E-state index is -0.496. The first-order valence-corrected chi connectivity index (χ1v) is 7.23. The van der Waals surface area contributed by atoms with Crippen LogP contribution in [0.25, 0.3) is 11.5 Å². The van der Waals surface area contributed by atoms with E-state index in [0.29, 0.717) is 17.0 Å². The lowest BCUT2D eigenvalue weighted by Crippen LogP contribution is -2.17. The molecule has 0 bridgehead atoms. The molecule has 0 fully saturated rings. The molecule has 0 atom stereocenters. The van der Waals surface area contributed by atoms with E-state index in [0.717, 1.165) is 5.76 Å². The maximum absolute atomic E-state index is 12.0. The van der Waals surface area contributed by atoms with E-state index in [9.17, 15) is 14.9 Å². The number of carbonyl (C=O) groups excluding carboxylic acids is 1. The summed E-state index contributed by atoms with van der Waals surface area (Å²) in [5.41, 5.74) is 3.67. The Morgan fingerprint density at radius 2 is 2.08 bits per heavy atom. The molecule has 0 saturated carbocycles. The highest BCUT2D eigenvalue weighted by Gasteiger charge is 2.12. The smallest absolute Gasteiger partial charge is 0.291 e. The molecule has 2 N–H and O–H groups in total. The second-order valence-corrected chi connectivity index (χ2v) is 5.12. The van der Waals surface area contributed by atoms with Gasteiger partial charge in [0.05, 0.1) is 11.1 Å². The van der Waals surface area contributed by atoms with Crippen molar-refractivity contribution in [1.29, 1.82) is 0 Å². The molecule has 0 radical (unpaired) electrons. The van der Waals surface area contributed by atoms with Crippen LogP contribution >= 0.6 is 0 Å². The number of hydrogen-bond donors (Lipinski definition) is 2. The van der Waals surface area contributed by atoms with E-state index in [4.69, 9.17) is 4.42 Å². The molecule has 0 spiro atoms. The van der Waals surface area contributed by atoms with Crippen molar-refractivity contribution >= 4 is 17.8 Å². The number of nitrogens with one attached hydrogen (secondary N) is 2. The van der Waals surface area contributed by atoms with Crippen LogP contribution in [0.15, 0.2) is 52.0 Å². The van der Waals surface area contributed by atoms with Crippen LogP contribution in [-0.4, -0.2) is 27.2 Å². The number of rotatable bonds is 5. The minimum absolute atomic E-state index is 0.0154. The molecule has 0 aliphatic rings. The van der Waals surface area contributed by atoms with Crippen LogP contribution < -0.4 is 5.43 Å². The molecule has 3 rings (SSSR count). The average Bonchev–Trinajstić information content (AvgIpc) is 3.24. The number of amides is 1. The number of aromatic amines is 1. The third-order valence-corrected chi connectivity index (χ3v) is 3.30. The fraction of sp³-hybridized carbons (Fsp3) is 0.0625. The Morgan fingerprint density at radius 1 is 1.32 bits per heavy atom. The van der Waals surface area contributed by atoms with Gasteiger partial charge in [0.2, 0.25) is 0 Å². The lowest BCUT2D eigenvalue weighted by Gasteiger charge is -1.95. The first-order chi connectivity index (χ1) is 12.0. The topological polar surface area (TPSA) is 126 Å². The van der Waals surface area contributed by atoms with Gasteiger partial charge in [0.1, 0.15) is 11.5 Å². The minimum Gasteiger partial charge on any atom is -0.460 e. The average molecular weight is 339 g/mol. The van der Waals surface area contributed by atoms with E-state index in [1.807, 2.05) is 13.0 Å². The van der Waals surface area contributed by atoms with Gasteiger partial charge in [-0.05, 0) is 36.8 Å². The molecule has 9 nitrogen and oxygen atoms in total. The first-order valence-electron chi connectivity index (χ1n) is 7.23. The summed E-state index contributed by atoms with van der Waals surface area (Å²) in [6.45, 7) is 1.82. The number of furan rings is 1. The number of nitro benzene ring substituents is 1. The lowest BCUT2D eigenvalue weighted by atomic mass is 10.2. The number of H-pyrrole nitrogens is 1. The number of hydrazone groups is 1. The van der Waals surface area contributed by atoms with E-state index in [-0.39, 0.29) is 11.4 Å². The number of non-ortho nitro benzene ring substituents is 1. The number of nitro groups is 1. The van der Waals surface area contributed by atoms with Crippen LogP contribution in [0.1, 0.15) is 21.8 Å². The molecule has 9 heteroatoms. The second-order valence-electron chi connectivity index (χ2n) is 5.12. The van der Waals surface area contributed by atoms with Gasteiger partial charge in [0.15, 0.2) is 11.5 Å². The number of benzene rings is 1. The van der Waals surface area contributed by atoms with Crippen LogP contribution in [0.3, 0.4) is 0 Å². The number of carbonyl (C=O) groups is 1. The molecule has 0 saturated heterocycles. The molecule has 0 aliphatic carbocycles. The zero-order valence-electron chi connectivity index (χ0n) is 13.1. The summed E-state index contributed by atoms with van der Waals surface area (Å²) in [4.78, 5) is 22.1. The fourth-order valence-electron chi connectivity index (χ4n) is 2.05. The molecule has 1 aromatic carbocycles. The standard InChI is InChI=1S/C16H13N5O4/c1-10-2-7-15(25-10)13-8-14(19-18-13)16(22)20-17-9-11-3-5-12(6-4-11)21(23)24/h2-9H,1H3,(H,18,19)(H,20,22)/b17-9+. The van der Waals surface area contributed by atoms with Crippen LogP contribution in [0, 0.1) is 17.0 Å². The number of nitrogens with zero attached hydrogens (tertiary/aromatic N) is 3. The van der Waals surface area contributed by atoms with Crippen molar-refractivity contribution in [3.8, 4) is 11.5 Å². The van der Waals surface area contributed by atoms with E-state index in [1.165, 1.54) is 30.5 Å². The summed E-state index contributed by atoms with van der Waals surface area (Å²) in [6, 6.07) is 10.9. The van der Waals surface area contributed by atoms with Crippen molar-refractivity contribution in [1.82, 2.24) is 15.6 Å².